The number of halogens is 1. The lowest BCUT2D eigenvalue weighted by atomic mass is 10.1. The average Bonchev–Trinajstić information content (AvgIpc) is 3.06. The lowest BCUT2D eigenvalue weighted by molar-refractivity contribution is 0.0950. The molecule has 0 aliphatic carbocycles. The minimum Gasteiger partial charge on any atom is -0.489 e. The van der Waals surface area contributed by atoms with Gasteiger partial charge < -0.3 is 10.1 Å². The summed E-state index contributed by atoms with van der Waals surface area (Å²) >= 11 is 6.01. The summed E-state index contributed by atoms with van der Waals surface area (Å²) in [5.74, 6) is 0.639. The van der Waals surface area contributed by atoms with E-state index in [-0.39, 0.29) is 5.91 Å². The molecule has 5 nitrogen and oxygen atoms in total. The van der Waals surface area contributed by atoms with Crippen LogP contribution in [0.25, 0.3) is 0 Å². The maximum atomic E-state index is 12.2. The fourth-order valence-electron chi connectivity index (χ4n) is 2.46. The molecule has 1 amide bonds. The number of aromatic nitrogens is 2. The summed E-state index contributed by atoms with van der Waals surface area (Å²) in [6.07, 6.45) is 1.85. The zero-order valence-electron chi connectivity index (χ0n) is 14.7. The summed E-state index contributed by atoms with van der Waals surface area (Å²) in [5.41, 5.74) is 3.39. The number of nitrogens with zero attached hydrogens (tertiary/aromatic N) is 2. The summed E-state index contributed by atoms with van der Waals surface area (Å²) in [6.45, 7) is 2.77. The minimum atomic E-state index is -0.128. The van der Waals surface area contributed by atoms with E-state index in [4.69, 9.17) is 16.3 Å². The Kier molecular flexibility index (Phi) is 5.58. The Hall–Kier alpha value is -2.79. The van der Waals surface area contributed by atoms with E-state index in [2.05, 4.69) is 10.4 Å². The van der Waals surface area contributed by atoms with Crippen molar-refractivity contribution in [1.29, 1.82) is 0 Å². The number of amides is 1. The molecule has 1 heterocycles. The van der Waals surface area contributed by atoms with Gasteiger partial charge in [0.1, 0.15) is 12.4 Å². The van der Waals surface area contributed by atoms with E-state index in [9.17, 15) is 4.79 Å². The molecule has 0 atom stereocenters. The molecule has 0 aliphatic rings. The number of hydrogen-bond donors (Lipinski definition) is 1. The summed E-state index contributed by atoms with van der Waals surface area (Å²) in [4.78, 5) is 12.2. The molecule has 3 rings (SSSR count). The number of aryl methyl sites for hydroxylation is 2. The third-order valence-electron chi connectivity index (χ3n) is 3.95. The van der Waals surface area contributed by atoms with Crippen molar-refractivity contribution >= 4 is 17.5 Å². The van der Waals surface area contributed by atoms with Gasteiger partial charge in [0.05, 0.1) is 12.2 Å². The normalized spacial score (nSPS) is 10.6. The molecule has 26 heavy (non-hydrogen) atoms. The molecule has 0 saturated heterocycles. The average molecular weight is 370 g/mol. The van der Waals surface area contributed by atoms with Crippen molar-refractivity contribution in [3.63, 3.8) is 0 Å². The summed E-state index contributed by atoms with van der Waals surface area (Å²) < 4.78 is 7.47. The van der Waals surface area contributed by atoms with Gasteiger partial charge in [-0.05, 0) is 54.4 Å². The Morgan fingerprint density at radius 3 is 2.62 bits per heavy atom. The number of benzene rings is 2. The highest BCUT2D eigenvalue weighted by molar-refractivity contribution is 6.31. The Balaban J connectivity index is 1.53. The molecule has 3 aromatic rings. The topological polar surface area (TPSA) is 56.1 Å². The number of nitrogens with one attached hydrogen (secondary N) is 1. The molecule has 1 aromatic heterocycles. The van der Waals surface area contributed by atoms with Crippen LogP contribution in [-0.2, 0) is 20.2 Å². The van der Waals surface area contributed by atoms with E-state index < -0.39 is 0 Å². The predicted molar refractivity (Wildman–Crippen MR) is 101 cm³/mol. The van der Waals surface area contributed by atoms with E-state index in [1.165, 1.54) is 0 Å². The van der Waals surface area contributed by atoms with Crippen LogP contribution in [-0.4, -0.2) is 15.7 Å². The summed E-state index contributed by atoms with van der Waals surface area (Å²) in [7, 11) is 1.84. The molecule has 0 spiro atoms. The van der Waals surface area contributed by atoms with E-state index in [1.54, 1.807) is 16.8 Å². The summed E-state index contributed by atoms with van der Waals surface area (Å²) in [6, 6.07) is 14.8. The van der Waals surface area contributed by atoms with E-state index in [0.29, 0.717) is 18.7 Å². The van der Waals surface area contributed by atoms with Crippen LogP contribution in [0.5, 0.6) is 5.75 Å². The van der Waals surface area contributed by atoms with Crippen molar-refractivity contribution in [1.82, 2.24) is 15.1 Å². The van der Waals surface area contributed by atoms with Crippen LogP contribution < -0.4 is 10.1 Å². The van der Waals surface area contributed by atoms with Gasteiger partial charge in [-0.1, -0.05) is 23.7 Å². The fraction of sp³-hybridized carbons (Fsp3) is 0.200. The molecule has 0 saturated carbocycles. The maximum absolute atomic E-state index is 12.2. The van der Waals surface area contributed by atoms with Crippen LogP contribution in [0.15, 0.2) is 54.7 Å². The summed E-state index contributed by atoms with van der Waals surface area (Å²) in [5, 5.41) is 7.81. The first-order valence-corrected chi connectivity index (χ1v) is 8.63. The zero-order chi connectivity index (χ0) is 18.5. The Morgan fingerprint density at radius 1 is 1.19 bits per heavy atom. The van der Waals surface area contributed by atoms with Crippen LogP contribution in [0.1, 0.15) is 27.2 Å². The highest BCUT2D eigenvalue weighted by Gasteiger charge is 2.07. The lowest BCUT2D eigenvalue weighted by Gasteiger charge is -2.09. The van der Waals surface area contributed by atoms with Gasteiger partial charge in [-0.3, -0.25) is 9.48 Å². The van der Waals surface area contributed by atoms with E-state index in [1.807, 2.05) is 56.6 Å². The lowest BCUT2D eigenvalue weighted by Crippen LogP contribution is -2.23. The van der Waals surface area contributed by atoms with Crippen molar-refractivity contribution in [2.45, 2.75) is 20.1 Å². The van der Waals surface area contributed by atoms with Gasteiger partial charge in [-0.2, -0.15) is 5.10 Å². The molecule has 0 bridgehead atoms. The van der Waals surface area contributed by atoms with Crippen LogP contribution in [0, 0.1) is 6.92 Å². The molecule has 0 unspecified atom stereocenters. The Labute approximate surface area is 157 Å². The van der Waals surface area contributed by atoms with Gasteiger partial charge >= 0.3 is 0 Å². The highest BCUT2D eigenvalue weighted by Crippen LogP contribution is 2.21. The van der Waals surface area contributed by atoms with Crippen molar-refractivity contribution in [2.75, 3.05) is 0 Å². The molecule has 0 aliphatic heterocycles. The third-order valence-corrected chi connectivity index (χ3v) is 4.37. The molecule has 2 aromatic carbocycles. The molecule has 0 fully saturated rings. The van der Waals surface area contributed by atoms with E-state index >= 15 is 0 Å². The van der Waals surface area contributed by atoms with E-state index in [0.717, 1.165) is 27.6 Å². The van der Waals surface area contributed by atoms with Crippen molar-refractivity contribution in [3.05, 3.63) is 82.1 Å². The first kappa shape index (κ1) is 18.0. The van der Waals surface area contributed by atoms with Crippen LogP contribution in [0.3, 0.4) is 0 Å². The number of hydrogen-bond acceptors (Lipinski definition) is 3. The van der Waals surface area contributed by atoms with Gasteiger partial charge in [0.15, 0.2) is 0 Å². The molecule has 1 N–H and O–H groups in total. The Morgan fingerprint density at radius 2 is 1.96 bits per heavy atom. The highest BCUT2D eigenvalue weighted by atomic mass is 35.5. The first-order chi connectivity index (χ1) is 12.5. The monoisotopic (exact) mass is 369 g/mol. The van der Waals surface area contributed by atoms with Gasteiger partial charge in [0, 0.05) is 23.8 Å². The number of rotatable bonds is 6. The third kappa shape index (κ3) is 4.64. The van der Waals surface area contributed by atoms with Crippen LogP contribution >= 0.6 is 11.6 Å². The Bertz CT molecular complexity index is 904. The second-order valence-corrected chi connectivity index (χ2v) is 6.47. The van der Waals surface area contributed by atoms with Crippen molar-refractivity contribution in [2.24, 2.45) is 7.05 Å². The zero-order valence-corrected chi connectivity index (χ0v) is 15.5. The number of carbonyl (C=O) groups is 1. The fourth-order valence-corrected chi connectivity index (χ4v) is 2.57. The van der Waals surface area contributed by atoms with Crippen LogP contribution in [0.2, 0.25) is 5.02 Å². The van der Waals surface area contributed by atoms with Crippen molar-refractivity contribution < 1.29 is 9.53 Å². The largest absolute Gasteiger partial charge is 0.489 e. The smallest absolute Gasteiger partial charge is 0.251 e. The molecular formula is C20H20ClN3O2. The second kappa shape index (κ2) is 8.06. The second-order valence-electron chi connectivity index (χ2n) is 6.06. The van der Waals surface area contributed by atoms with Crippen LogP contribution in [0.4, 0.5) is 0 Å². The standard InChI is InChI=1S/C20H20ClN3O2/c1-14-11-18(7-8-19(14)21)26-13-15-3-5-16(6-4-15)20(25)22-12-17-9-10-24(2)23-17/h3-11H,12-13H2,1-2H3,(H,22,25). The first-order valence-electron chi connectivity index (χ1n) is 8.26. The number of ether oxygens (including phenoxy) is 1. The quantitative estimate of drug-likeness (QED) is 0.717. The van der Waals surface area contributed by atoms with Gasteiger partial charge in [0.2, 0.25) is 0 Å². The minimum absolute atomic E-state index is 0.128. The molecule has 134 valence electrons. The SMILES string of the molecule is Cc1cc(OCc2ccc(C(=O)NCc3ccn(C)n3)cc2)ccc1Cl. The van der Waals surface area contributed by atoms with Gasteiger partial charge in [-0.15, -0.1) is 0 Å². The number of carbonyl (C=O) groups excluding carboxylic acids is 1. The predicted octanol–water partition coefficient (Wildman–Crippen LogP) is 3.89. The maximum Gasteiger partial charge on any atom is 0.251 e. The van der Waals surface area contributed by atoms with Crippen molar-refractivity contribution in [3.8, 4) is 5.75 Å². The van der Waals surface area contributed by atoms with Gasteiger partial charge in [-0.25, -0.2) is 0 Å². The molecular weight excluding hydrogens is 350 g/mol. The van der Waals surface area contributed by atoms with Gasteiger partial charge in [0.25, 0.3) is 5.91 Å². The molecule has 6 heteroatoms. The molecule has 0 radical (unpaired) electrons.